The van der Waals surface area contributed by atoms with Crippen LogP contribution in [0.5, 0.6) is 0 Å². The van der Waals surface area contributed by atoms with Gasteiger partial charge in [0.2, 0.25) is 0 Å². The summed E-state index contributed by atoms with van der Waals surface area (Å²) in [6, 6.07) is 3.71. The number of halogens is 1. The number of fused-ring (bicyclic) bond motifs is 1. The highest BCUT2D eigenvalue weighted by Crippen LogP contribution is 2.19. The van der Waals surface area contributed by atoms with Gasteiger partial charge in [-0.05, 0) is 18.6 Å². The molecule has 2 aromatic heterocycles. The van der Waals surface area contributed by atoms with Crippen LogP contribution >= 0.6 is 15.9 Å². The van der Waals surface area contributed by atoms with Gasteiger partial charge in [0, 0.05) is 10.7 Å². The number of hydrogen-bond donors (Lipinski definition) is 0. The maximum atomic E-state index is 11.6. The molecule has 1 atom stereocenters. The van der Waals surface area contributed by atoms with E-state index in [0.29, 0.717) is 17.9 Å². The molecule has 0 saturated carbocycles. The SMILES string of the molecule is CCC(C(=O)OC)c1nc2cc(Br)ccn2n1. The van der Waals surface area contributed by atoms with Crippen LogP contribution in [-0.2, 0) is 9.53 Å². The van der Waals surface area contributed by atoms with Crippen LogP contribution in [0.25, 0.3) is 5.65 Å². The van der Waals surface area contributed by atoms with Crippen LogP contribution in [0.3, 0.4) is 0 Å². The fraction of sp³-hybridized carbons (Fsp3) is 0.364. The fourth-order valence-electron chi connectivity index (χ4n) is 1.62. The summed E-state index contributed by atoms with van der Waals surface area (Å²) >= 11 is 3.37. The van der Waals surface area contributed by atoms with Crippen molar-refractivity contribution in [1.29, 1.82) is 0 Å². The molecule has 0 aliphatic rings. The van der Waals surface area contributed by atoms with Crippen molar-refractivity contribution in [2.24, 2.45) is 0 Å². The summed E-state index contributed by atoms with van der Waals surface area (Å²) in [6.45, 7) is 1.91. The fourth-order valence-corrected chi connectivity index (χ4v) is 1.94. The van der Waals surface area contributed by atoms with Gasteiger partial charge in [-0.3, -0.25) is 4.79 Å². The Balaban J connectivity index is 2.44. The molecule has 6 heteroatoms. The molecule has 5 nitrogen and oxygen atoms in total. The molecule has 2 rings (SSSR count). The molecule has 2 heterocycles. The summed E-state index contributed by atoms with van der Waals surface area (Å²) in [6.07, 6.45) is 2.41. The number of ether oxygens (including phenoxy) is 1. The predicted octanol–water partition coefficient (Wildman–Crippen LogP) is 2.16. The van der Waals surface area contributed by atoms with E-state index in [1.165, 1.54) is 7.11 Å². The van der Waals surface area contributed by atoms with E-state index < -0.39 is 5.92 Å². The Bertz CT molecular complexity index is 553. The molecule has 0 N–H and O–H groups in total. The molecular formula is C11H12BrN3O2. The first-order valence-electron chi connectivity index (χ1n) is 5.25. The topological polar surface area (TPSA) is 56.5 Å². The van der Waals surface area contributed by atoms with Gasteiger partial charge < -0.3 is 4.74 Å². The average Bonchev–Trinajstić information content (AvgIpc) is 2.72. The number of rotatable bonds is 3. The quantitative estimate of drug-likeness (QED) is 0.815. The Hall–Kier alpha value is -1.43. The van der Waals surface area contributed by atoms with Gasteiger partial charge in [-0.15, -0.1) is 0 Å². The second kappa shape index (κ2) is 4.83. The van der Waals surface area contributed by atoms with E-state index in [2.05, 4.69) is 26.0 Å². The lowest BCUT2D eigenvalue weighted by Gasteiger charge is -2.06. The third-order valence-corrected chi connectivity index (χ3v) is 3.01. The van der Waals surface area contributed by atoms with Crippen LogP contribution in [0.15, 0.2) is 22.8 Å². The van der Waals surface area contributed by atoms with E-state index in [0.717, 1.165) is 4.47 Å². The number of hydrogen-bond acceptors (Lipinski definition) is 4. The number of methoxy groups -OCH3 is 1. The lowest BCUT2D eigenvalue weighted by atomic mass is 10.1. The number of carbonyl (C=O) groups is 1. The van der Waals surface area contributed by atoms with Gasteiger partial charge in [-0.1, -0.05) is 22.9 Å². The molecular weight excluding hydrogens is 286 g/mol. The first-order chi connectivity index (χ1) is 8.15. The van der Waals surface area contributed by atoms with Crippen molar-refractivity contribution in [1.82, 2.24) is 14.6 Å². The predicted molar refractivity (Wildman–Crippen MR) is 65.7 cm³/mol. The molecule has 17 heavy (non-hydrogen) atoms. The summed E-state index contributed by atoms with van der Waals surface area (Å²) in [7, 11) is 1.37. The minimum Gasteiger partial charge on any atom is -0.468 e. The third-order valence-electron chi connectivity index (χ3n) is 2.52. The van der Waals surface area contributed by atoms with E-state index in [1.54, 1.807) is 10.7 Å². The Kier molecular flexibility index (Phi) is 3.42. The second-order valence-electron chi connectivity index (χ2n) is 3.60. The smallest absolute Gasteiger partial charge is 0.316 e. The van der Waals surface area contributed by atoms with Crippen molar-refractivity contribution < 1.29 is 9.53 Å². The van der Waals surface area contributed by atoms with Crippen molar-refractivity contribution in [3.63, 3.8) is 0 Å². The highest BCUT2D eigenvalue weighted by molar-refractivity contribution is 9.10. The van der Waals surface area contributed by atoms with Crippen molar-refractivity contribution in [3.05, 3.63) is 28.6 Å². The number of aromatic nitrogens is 3. The second-order valence-corrected chi connectivity index (χ2v) is 4.52. The van der Waals surface area contributed by atoms with E-state index in [4.69, 9.17) is 4.74 Å². The van der Waals surface area contributed by atoms with Crippen LogP contribution < -0.4 is 0 Å². The number of carbonyl (C=O) groups excluding carboxylic acids is 1. The number of nitrogens with zero attached hydrogens (tertiary/aromatic N) is 3. The summed E-state index contributed by atoms with van der Waals surface area (Å²) in [4.78, 5) is 15.9. The summed E-state index contributed by atoms with van der Waals surface area (Å²) in [5, 5.41) is 4.28. The molecule has 0 aliphatic carbocycles. The Labute approximate surface area is 107 Å². The average molecular weight is 298 g/mol. The van der Waals surface area contributed by atoms with Gasteiger partial charge in [0.25, 0.3) is 0 Å². The Morgan fingerprint density at radius 3 is 3.06 bits per heavy atom. The monoisotopic (exact) mass is 297 g/mol. The summed E-state index contributed by atoms with van der Waals surface area (Å²) < 4.78 is 7.31. The number of pyridine rings is 1. The largest absolute Gasteiger partial charge is 0.468 e. The first kappa shape index (κ1) is 12.0. The molecule has 0 spiro atoms. The first-order valence-corrected chi connectivity index (χ1v) is 6.04. The van der Waals surface area contributed by atoms with Crippen molar-refractivity contribution in [3.8, 4) is 0 Å². The molecule has 0 aliphatic heterocycles. The zero-order valence-corrected chi connectivity index (χ0v) is 11.1. The summed E-state index contributed by atoms with van der Waals surface area (Å²) in [5.41, 5.74) is 0.705. The number of esters is 1. The maximum absolute atomic E-state index is 11.6. The maximum Gasteiger partial charge on any atom is 0.316 e. The standard InChI is InChI=1S/C11H12BrN3O2/c1-3-8(11(16)17-2)10-13-9-6-7(12)4-5-15(9)14-10/h4-6,8H,3H2,1-2H3. The lowest BCUT2D eigenvalue weighted by molar-refractivity contribution is -0.142. The molecule has 1 unspecified atom stereocenters. The molecule has 0 aromatic carbocycles. The van der Waals surface area contributed by atoms with Crippen molar-refractivity contribution in [2.75, 3.05) is 7.11 Å². The molecule has 0 saturated heterocycles. The van der Waals surface area contributed by atoms with Crippen molar-refractivity contribution in [2.45, 2.75) is 19.3 Å². The van der Waals surface area contributed by atoms with Crippen LogP contribution in [0.1, 0.15) is 25.1 Å². The zero-order chi connectivity index (χ0) is 12.4. The lowest BCUT2D eigenvalue weighted by Crippen LogP contribution is -2.14. The molecule has 0 bridgehead atoms. The highest BCUT2D eigenvalue weighted by Gasteiger charge is 2.23. The molecule has 0 fully saturated rings. The third kappa shape index (κ3) is 2.31. The van der Waals surface area contributed by atoms with E-state index in [1.807, 2.05) is 19.1 Å². The van der Waals surface area contributed by atoms with Gasteiger partial charge in [0.1, 0.15) is 5.92 Å². The molecule has 0 radical (unpaired) electrons. The van der Waals surface area contributed by atoms with Gasteiger partial charge in [0.15, 0.2) is 11.5 Å². The van der Waals surface area contributed by atoms with Gasteiger partial charge in [0.05, 0.1) is 7.11 Å². The van der Waals surface area contributed by atoms with E-state index in [-0.39, 0.29) is 5.97 Å². The Morgan fingerprint density at radius 1 is 1.65 bits per heavy atom. The van der Waals surface area contributed by atoms with Crippen LogP contribution in [0.4, 0.5) is 0 Å². The van der Waals surface area contributed by atoms with Gasteiger partial charge in [-0.2, -0.15) is 5.10 Å². The highest BCUT2D eigenvalue weighted by atomic mass is 79.9. The van der Waals surface area contributed by atoms with Crippen LogP contribution in [-0.4, -0.2) is 27.7 Å². The zero-order valence-electron chi connectivity index (χ0n) is 9.55. The minimum absolute atomic E-state index is 0.303. The van der Waals surface area contributed by atoms with Crippen molar-refractivity contribution >= 4 is 27.5 Å². The van der Waals surface area contributed by atoms with Crippen LogP contribution in [0.2, 0.25) is 0 Å². The van der Waals surface area contributed by atoms with Gasteiger partial charge in [-0.25, -0.2) is 9.50 Å². The van der Waals surface area contributed by atoms with Gasteiger partial charge >= 0.3 is 5.97 Å². The Morgan fingerprint density at radius 2 is 2.41 bits per heavy atom. The minimum atomic E-state index is -0.404. The van der Waals surface area contributed by atoms with E-state index in [9.17, 15) is 4.79 Å². The molecule has 90 valence electrons. The van der Waals surface area contributed by atoms with E-state index >= 15 is 0 Å². The molecule has 0 amide bonds. The van der Waals surface area contributed by atoms with Crippen LogP contribution in [0, 0.1) is 0 Å². The molecule has 2 aromatic rings. The normalized spacial score (nSPS) is 12.6. The summed E-state index contributed by atoms with van der Waals surface area (Å²) in [5.74, 6) is -0.210.